The summed E-state index contributed by atoms with van der Waals surface area (Å²) in [4.78, 5) is 12.3. The summed E-state index contributed by atoms with van der Waals surface area (Å²) in [7, 11) is 0. The van der Waals surface area contributed by atoms with Crippen LogP contribution < -0.4 is 5.32 Å². The third kappa shape index (κ3) is 5.04. The molecule has 0 saturated heterocycles. The number of carbonyl (C=O) groups is 1. The van der Waals surface area contributed by atoms with Crippen molar-refractivity contribution in [3.8, 4) is 0 Å². The Hall–Kier alpha value is -3.42. The highest BCUT2D eigenvalue weighted by Gasteiger charge is 2.23. The average Bonchev–Trinajstić information content (AvgIpc) is 3.10. The van der Waals surface area contributed by atoms with E-state index in [-0.39, 0.29) is 17.9 Å². The fourth-order valence-corrected chi connectivity index (χ4v) is 2.41. The molecule has 0 aliphatic rings. The zero-order valence-corrected chi connectivity index (χ0v) is 15.5. The van der Waals surface area contributed by atoms with Crippen molar-refractivity contribution in [3.63, 3.8) is 0 Å². The molecule has 1 amide bonds. The molecule has 0 atom stereocenters. The topological polar surface area (TPSA) is 97.4 Å². The number of azo groups is 1. The molecule has 3 rings (SSSR count). The zero-order chi connectivity index (χ0) is 19.3. The van der Waals surface area contributed by atoms with E-state index in [1.54, 1.807) is 24.3 Å². The van der Waals surface area contributed by atoms with Crippen LogP contribution in [0.1, 0.15) is 26.6 Å². The predicted molar refractivity (Wildman–Crippen MR) is 102 cm³/mol. The minimum atomic E-state index is -0.241. The Morgan fingerprint density at radius 2 is 1.63 bits per heavy atom. The molecule has 8 heteroatoms. The SMILES string of the molecule is CC(C)(C)c1nnnn1CC(=O)Nc1ccc(N=Nc2ccccc2)cc1. The van der Waals surface area contributed by atoms with Gasteiger partial charge in [-0.25, -0.2) is 4.68 Å². The van der Waals surface area contributed by atoms with Crippen LogP contribution in [0.3, 0.4) is 0 Å². The van der Waals surface area contributed by atoms with Gasteiger partial charge in [0.1, 0.15) is 6.54 Å². The Bertz CT molecular complexity index is 925. The van der Waals surface area contributed by atoms with Crippen LogP contribution in [-0.4, -0.2) is 26.1 Å². The van der Waals surface area contributed by atoms with Gasteiger partial charge in [0.2, 0.25) is 5.91 Å². The molecular formula is C19H21N7O. The molecule has 2 aromatic carbocycles. The van der Waals surface area contributed by atoms with Crippen molar-refractivity contribution in [2.24, 2.45) is 10.2 Å². The molecule has 0 aliphatic heterocycles. The lowest BCUT2D eigenvalue weighted by molar-refractivity contribution is -0.117. The predicted octanol–water partition coefficient (Wildman–Crippen LogP) is 4.02. The minimum Gasteiger partial charge on any atom is -0.324 e. The number of aromatic nitrogens is 4. The molecule has 1 aromatic heterocycles. The summed E-state index contributed by atoms with van der Waals surface area (Å²) in [6.45, 7) is 6.04. The number of anilines is 1. The molecule has 27 heavy (non-hydrogen) atoms. The maximum Gasteiger partial charge on any atom is 0.246 e. The van der Waals surface area contributed by atoms with Crippen LogP contribution in [0.15, 0.2) is 64.8 Å². The Kier molecular flexibility index (Phi) is 5.35. The average molecular weight is 363 g/mol. The van der Waals surface area contributed by atoms with Crippen LogP contribution >= 0.6 is 0 Å². The number of nitrogens with one attached hydrogen (secondary N) is 1. The first-order valence-electron chi connectivity index (χ1n) is 8.55. The Morgan fingerprint density at radius 3 is 2.26 bits per heavy atom. The van der Waals surface area contributed by atoms with Gasteiger partial charge in [-0.2, -0.15) is 10.2 Å². The van der Waals surface area contributed by atoms with Crippen LogP contribution in [0.2, 0.25) is 0 Å². The number of hydrogen-bond donors (Lipinski definition) is 1. The summed E-state index contributed by atoms with van der Waals surface area (Å²) < 4.78 is 1.51. The van der Waals surface area contributed by atoms with Crippen molar-refractivity contribution in [1.29, 1.82) is 0 Å². The quantitative estimate of drug-likeness (QED) is 0.692. The lowest BCUT2D eigenvalue weighted by Crippen LogP contribution is -2.25. The molecule has 8 nitrogen and oxygen atoms in total. The summed E-state index contributed by atoms with van der Waals surface area (Å²) in [6, 6.07) is 16.6. The standard InChI is InChI=1S/C19H21N7O/c1-19(2,3)18-23-24-25-26(18)13-17(27)20-14-9-11-16(12-10-14)22-21-15-7-5-4-6-8-15/h4-12H,13H2,1-3H3,(H,20,27). The zero-order valence-electron chi connectivity index (χ0n) is 15.5. The Balaban J connectivity index is 1.61. The largest absolute Gasteiger partial charge is 0.324 e. The number of tetrazole rings is 1. The third-order valence-corrected chi connectivity index (χ3v) is 3.68. The fourth-order valence-electron chi connectivity index (χ4n) is 2.41. The molecule has 138 valence electrons. The van der Waals surface area contributed by atoms with Gasteiger partial charge in [-0.05, 0) is 46.8 Å². The van der Waals surface area contributed by atoms with Crippen LogP contribution in [0.4, 0.5) is 17.1 Å². The fraction of sp³-hybridized carbons (Fsp3) is 0.263. The Morgan fingerprint density at radius 1 is 1.00 bits per heavy atom. The smallest absolute Gasteiger partial charge is 0.246 e. The highest BCUT2D eigenvalue weighted by Crippen LogP contribution is 2.21. The van der Waals surface area contributed by atoms with E-state index in [0.717, 1.165) is 5.69 Å². The van der Waals surface area contributed by atoms with E-state index < -0.39 is 0 Å². The summed E-state index contributed by atoms with van der Waals surface area (Å²) in [5, 5.41) is 22.7. The first-order valence-corrected chi connectivity index (χ1v) is 8.55. The minimum absolute atomic E-state index is 0.0507. The number of carbonyl (C=O) groups excluding carboxylic acids is 1. The van der Waals surface area contributed by atoms with E-state index >= 15 is 0 Å². The molecule has 0 aliphatic carbocycles. The van der Waals surface area contributed by atoms with Gasteiger partial charge in [-0.15, -0.1) is 5.10 Å². The van der Waals surface area contributed by atoms with Gasteiger partial charge in [0, 0.05) is 11.1 Å². The van der Waals surface area contributed by atoms with Crippen molar-refractivity contribution in [2.75, 3.05) is 5.32 Å². The van der Waals surface area contributed by atoms with Gasteiger partial charge in [0.25, 0.3) is 0 Å². The summed E-state index contributed by atoms with van der Waals surface area (Å²) in [6.07, 6.45) is 0. The molecular weight excluding hydrogens is 342 g/mol. The Labute approximate surface area is 157 Å². The van der Waals surface area contributed by atoms with E-state index in [9.17, 15) is 4.79 Å². The first-order chi connectivity index (χ1) is 12.9. The summed E-state index contributed by atoms with van der Waals surface area (Å²) in [5.41, 5.74) is 1.91. The van der Waals surface area contributed by atoms with Crippen molar-refractivity contribution in [3.05, 3.63) is 60.4 Å². The normalized spacial score (nSPS) is 11.7. The number of amides is 1. The maximum absolute atomic E-state index is 12.3. The van der Waals surface area contributed by atoms with E-state index in [1.807, 2.05) is 51.1 Å². The highest BCUT2D eigenvalue weighted by atomic mass is 16.2. The van der Waals surface area contributed by atoms with Crippen LogP contribution in [0.25, 0.3) is 0 Å². The van der Waals surface area contributed by atoms with Gasteiger partial charge < -0.3 is 5.32 Å². The lowest BCUT2D eigenvalue weighted by atomic mass is 9.96. The second-order valence-electron chi connectivity index (χ2n) is 7.04. The highest BCUT2D eigenvalue weighted by molar-refractivity contribution is 5.90. The van der Waals surface area contributed by atoms with E-state index in [4.69, 9.17) is 0 Å². The van der Waals surface area contributed by atoms with Crippen LogP contribution in [0.5, 0.6) is 0 Å². The summed E-state index contributed by atoms with van der Waals surface area (Å²) in [5.74, 6) is 0.459. The van der Waals surface area contributed by atoms with E-state index in [2.05, 4.69) is 31.1 Å². The van der Waals surface area contributed by atoms with Gasteiger partial charge in [-0.1, -0.05) is 39.0 Å². The van der Waals surface area contributed by atoms with Crippen molar-refractivity contribution >= 4 is 23.0 Å². The first kappa shape index (κ1) is 18.4. The number of benzene rings is 2. The molecule has 0 spiro atoms. The van der Waals surface area contributed by atoms with E-state index in [1.165, 1.54) is 4.68 Å². The second kappa shape index (κ2) is 7.86. The molecule has 3 aromatic rings. The van der Waals surface area contributed by atoms with Crippen molar-refractivity contribution in [2.45, 2.75) is 32.7 Å². The molecule has 1 N–H and O–H groups in total. The van der Waals surface area contributed by atoms with Crippen LogP contribution in [0, 0.1) is 0 Å². The van der Waals surface area contributed by atoms with Gasteiger partial charge >= 0.3 is 0 Å². The van der Waals surface area contributed by atoms with Crippen molar-refractivity contribution in [1.82, 2.24) is 20.2 Å². The molecule has 0 saturated carbocycles. The molecule has 0 fully saturated rings. The van der Waals surface area contributed by atoms with Gasteiger partial charge in [-0.3, -0.25) is 4.79 Å². The van der Waals surface area contributed by atoms with Crippen LogP contribution in [-0.2, 0) is 16.8 Å². The van der Waals surface area contributed by atoms with Gasteiger partial charge in [0.05, 0.1) is 11.4 Å². The number of hydrogen-bond acceptors (Lipinski definition) is 6. The summed E-state index contributed by atoms with van der Waals surface area (Å²) >= 11 is 0. The lowest BCUT2D eigenvalue weighted by Gasteiger charge is -2.16. The molecule has 0 radical (unpaired) electrons. The van der Waals surface area contributed by atoms with Gasteiger partial charge in [0.15, 0.2) is 5.82 Å². The monoisotopic (exact) mass is 363 g/mol. The van der Waals surface area contributed by atoms with Crippen molar-refractivity contribution < 1.29 is 4.79 Å². The number of nitrogens with zero attached hydrogens (tertiary/aromatic N) is 6. The second-order valence-corrected chi connectivity index (χ2v) is 7.04. The van der Waals surface area contributed by atoms with E-state index in [0.29, 0.717) is 17.2 Å². The molecule has 0 bridgehead atoms. The molecule has 0 unspecified atom stereocenters. The third-order valence-electron chi connectivity index (χ3n) is 3.68. The maximum atomic E-state index is 12.3. The molecule has 1 heterocycles. The number of rotatable bonds is 5.